The normalized spacial score (nSPS) is 26.6. The zero-order valence-electron chi connectivity index (χ0n) is 18.2. The summed E-state index contributed by atoms with van der Waals surface area (Å²) in [5.41, 5.74) is 3.96. The first-order chi connectivity index (χ1) is 15.1. The number of nitrogens with zero attached hydrogens (tertiary/aromatic N) is 3. The molecule has 0 spiro atoms. The van der Waals surface area contributed by atoms with E-state index in [-0.39, 0.29) is 11.5 Å². The van der Waals surface area contributed by atoms with Crippen molar-refractivity contribution in [1.82, 2.24) is 9.29 Å². The number of alkyl halides is 3. The number of sulfonamides is 1. The van der Waals surface area contributed by atoms with Gasteiger partial charge in [0.1, 0.15) is 11.4 Å². The molecule has 0 radical (unpaired) electrons. The number of pyridine rings is 1. The first-order valence-corrected chi connectivity index (χ1v) is 11.7. The second-order valence-electron chi connectivity index (χ2n) is 8.84. The number of aromatic nitrogens is 1. The maximum atomic E-state index is 14.8. The summed E-state index contributed by atoms with van der Waals surface area (Å²) in [6.07, 6.45) is -2.75. The van der Waals surface area contributed by atoms with Gasteiger partial charge in [0.25, 0.3) is 0 Å². The number of anilines is 1. The van der Waals surface area contributed by atoms with E-state index in [1.807, 2.05) is 0 Å². The molecular weight excluding hydrogens is 462 g/mol. The van der Waals surface area contributed by atoms with Gasteiger partial charge < -0.3 is 11.1 Å². The van der Waals surface area contributed by atoms with E-state index in [0.29, 0.717) is 29.8 Å². The fourth-order valence-electron chi connectivity index (χ4n) is 4.38. The lowest BCUT2D eigenvalue weighted by atomic mass is 9.91. The topological polar surface area (TPSA) is 101 Å². The van der Waals surface area contributed by atoms with Crippen molar-refractivity contribution in [3.8, 4) is 0 Å². The van der Waals surface area contributed by atoms with Crippen molar-refractivity contribution in [3.05, 3.63) is 58.7 Å². The highest BCUT2D eigenvalue weighted by molar-refractivity contribution is 7.89. The van der Waals surface area contributed by atoms with Crippen LogP contribution < -0.4 is 11.1 Å². The molecule has 3 N–H and O–H groups in total. The fourth-order valence-corrected chi connectivity index (χ4v) is 5.83. The number of hydrogen-bond acceptors (Lipinski definition) is 6. The van der Waals surface area contributed by atoms with E-state index in [9.17, 15) is 26.0 Å². The summed E-state index contributed by atoms with van der Waals surface area (Å²) in [4.78, 5) is 8.21. The number of halogens is 4. The summed E-state index contributed by atoms with van der Waals surface area (Å²) >= 11 is 0. The van der Waals surface area contributed by atoms with Crippen molar-refractivity contribution in [3.63, 3.8) is 0 Å². The summed E-state index contributed by atoms with van der Waals surface area (Å²) in [6, 6.07) is 5.13. The van der Waals surface area contributed by atoms with Crippen LogP contribution in [0.25, 0.3) is 0 Å². The Bertz CT molecular complexity index is 1260. The zero-order chi connectivity index (χ0) is 24.4. The number of benzene rings is 1. The maximum Gasteiger partial charge on any atom is 0.417 e. The highest BCUT2D eigenvalue weighted by Gasteiger charge is 2.43. The number of aryl methyl sites for hydroxylation is 1. The van der Waals surface area contributed by atoms with E-state index in [4.69, 9.17) is 5.73 Å². The van der Waals surface area contributed by atoms with Crippen molar-refractivity contribution in [2.24, 2.45) is 10.7 Å². The van der Waals surface area contributed by atoms with Crippen LogP contribution in [-0.4, -0.2) is 36.5 Å². The molecule has 12 heteroatoms. The van der Waals surface area contributed by atoms with E-state index in [2.05, 4.69) is 15.3 Å². The van der Waals surface area contributed by atoms with Crippen molar-refractivity contribution in [2.45, 2.75) is 43.9 Å². The molecule has 4 rings (SSSR count). The molecule has 0 fully saturated rings. The van der Waals surface area contributed by atoms with Crippen LogP contribution in [0.3, 0.4) is 0 Å². The number of fused-ring (bicyclic) bond motifs is 1. The predicted octanol–water partition coefficient (Wildman–Crippen LogP) is 3.32. The lowest BCUT2D eigenvalue weighted by Gasteiger charge is -2.35. The Morgan fingerprint density at radius 2 is 1.88 bits per heavy atom. The van der Waals surface area contributed by atoms with Crippen LogP contribution >= 0.6 is 0 Å². The van der Waals surface area contributed by atoms with Gasteiger partial charge in [-0.05, 0) is 56.5 Å². The molecule has 1 aliphatic carbocycles. The van der Waals surface area contributed by atoms with Gasteiger partial charge in [0, 0.05) is 30.2 Å². The van der Waals surface area contributed by atoms with Crippen molar-refractivity contribution >= 4 is 21.7 Å². The minimum Gasteiger partial charge on any atom is -0.376 e. The molecule has 0 bridgehead atoms. The van der Waals surface area contributed by atoms with Gasteiger partial charge in [-0.15, -0.1) is 0 Å². The van der Waals surface area contributed by atoms with Crippen LogP contribution in [0.15, 0.2) is 35.5 Å². The van der Waals surface area contributed by atoms with Crippen LogP contribution in [-0.2, 0) is 33.7 Å². The SMILES string of the molecule is CN1C(N)=N[C@](C)(c2cc(N[C@]3(C)CCc4ncc(C(F)(F)F)cc43)ccc2F)CS1(=O)=O. The van der Waals surface area contributed by atoms with E-state index >= 15 is 0 Å². The Kier molecular flexibility index (Phi) is 5.15. The first-order valence-electron chi connectivity index (χ1n) is 10.1. The van der Waals surface area contributed by atoms with E-state index in [1.165, 1.54) is 32.2 Å². The second kappa shape index (κ2) is 7.31. The summed E-state index contributed by atoms with van der Waals surface area (Å²) in [5, 5.41) is 3.20. The molecule has 0 saturated heterocycles. The fraction of sp³-hybridized carbons (Fsp3) is 0.429. The van der Waals surface area contributed by atoms with Gasteiger partial charge in [-0.1, -0.05) is 0 Å². The molecule has 2 aliphatic rings. The zero-order valence-corrected chi connectivity index (χ0v) is 19.0. The Balaban J connectivity index is 1.73. The van der Waals surface area contributed by atoms with Gasteiger partial charge in [-0.2, -0.15) is 13.2 Å². The standard InChI is InChI=1S/C21H23F4N5O2S/c1-19(7-6-17-15(19)8-12(10-27-17)21(23,24)25)28-13-4-5-16(22)14(9-13)20(2)11-33(31,32)30(3)18(26)29-20/h4-5,8-10,28H,6-7,11H2,1-3H3,(H2,26,29)/t19-,20+/m1/s1. The minimum absolute atomic E-state index is 0.0103. The molecule has 1 aromatic carbocycles. The third-order valence-corrected chi connectivity index (χ3v) is 8.23. The van der Waals surface area contributed by atoms with Crippen LogP contribution in [0.5, 0.6) is 0 Å². The Morgan fingerprint density at radius 1 is 1.18 bits per heavy atom. The average molecular weight is 486 g/mol. The Morgan fingerprint density at radius 3 is 2.52 bits per heavy atom. The van der Waals surface area contributed by atoms with E-state index < -0.39 is 44.4 Å². The minimum atomic E-state index is -4.53. The Labute approximate surface area is 188 Å². The van der Waals surface area contributed by atoms with Crippen LogP contribution in [0.1, 0.15) is 42.7 Å². The summed E-state index contributed by atoms with van der Waals surface area (Å²) in [6.45, 7) is 3.22. The lowest BCUT2D eigenvalue weighted by Crippen LogP contribution is -2.50. The van der Waals surface area contributed by atoms with Gasteiger partial charge in [0.05, 0.1) is 16.9 Å². The molecule has 1 aliphatic heterocycles. The highest BCUT2D eigenvalue weighted by Crippen LogP contribution is 2.42. The molecule has 2 heterocycles. The second-order valence-corrected chi connectivity index (χ2v) is 10.8. The number of hydrogen-bond donors (Lipinski definition) is 2. The van der Waals surface area contributed by atoms with Crippen molar-refractivity contribution in [1.29, 1.82) is 0 Å². The molecule has 1 aromatic heterocycles. The first kappa shape index (κ1) is 23.3. The molecular formula is C21H23F4N5O2S. The summed E-state index contributed by atoms with van der Waals surface area (Å²) in [7, 11) is -2.55. The van der Waals surface area contributed by atoms with E-state index in [0.717, 1.165) is 16.6 Å². The smallest absolute Gasteiger partial charge is 0.376 e. The number of nitrogens with two attached hydrogens (primary N) is 1. The van der Waals surface area contributed by atoms with Gasteiger partial charge in [0.2, 0.25) is 16.0 Å². The molecule has 2 atom stereocenters. The molecule has 178 valence electrons. The molecule has 0 amide bonds. The predicted molar refractivity (Wildman–Crippen MR) is 115 cm³/mol. The third-order valence-electron chi connectivity index (χ3n) is 6.29. The highest BCUT2D eigenvalue weighted by atomic mass is 32.2. The molecule has 2 aromatic rings. The average Bonchev–Trinajstić information content (AvgIpc) is 3.02. The van der Waals surface area contributed by atoms with Crippen LogP contribution in [0.2, 0.25) is 0 Å². The molecule has 0 unspecified atom stereocenters. The number of rotatable bonds is 3. The van der Waals surface area contributed by atoms with Gasteiger partial charge in [0.15, 0.2) is 0 Å². The van der Waals surface area contributed by atoms with Crippen molar-refractivity contribution < 1.29 is 26.0 Å². The lowest BCUT2D eigenvalue weighted by molar-refractivity contribution is -0.137. The number of guanidine groups is 1. The quantitative estimate of drug-likeness (QED) is 0.650. The van der Waals surface area contributed by atoms with Crippen molar-refractivity contribution in [2.75, 3.05) is 18.1 Å². The summed E-state index contributed by atoms with van der Waals surface area (Å²) in [5.74, 6) is -1.42. The van der Waals surface area contributed by atoms with Gasteiger partial charge in [-0.3, -0.25) is 4.98 Å². The monoisotopic (exact) mass is 485 g/mol. The van der Waals surface area contributed by atoms with Crippen LogP contribution in [0, 0.1) is 5.82 Å². The molecule has 0 saturated carbocycles. The van der Waals surface area contributed by atoms with Gasteiger partial charge >= 0.3 is 6.18 Å². The van der Waals surface area contributed by atoms with Gasteiger partial charge in [-0.25, -0.2) is 22.1 Å². The van der Waals surface area contributed by atoms with Crippen LogP contribution in [0.4, 0.5) is 23.2 Å². The maximum absolute atomic E-state index is 14.8. The Hall–Kier alpha value is -2.89. The number of nitrogens with one attached hydrogen (secondary N) is 1. The largest absolute Gasteiger partial charge is 0.417 e. The van der Waals surface area contributed by atoms with E-state index in [1.54, 1.807) is 6.92 Å². The number of aliphatic imine (C=N–C) groups is 1. The third kappa shape index (κ3) is 4.00. The summed E-state index contributed by atoms with van der Waals surface area (Å²) < 4.78 is 80.3. The molecule has 7 nitrogen and oxygen atoms in total. The molecule has 33 heavy (non-hydrogen) atoms.